The van der Waals surface area contributed by atoms with Crippen LogP contribution in [0, 0.1) is 6.92 Å². The fraction of sp³-hybridized carbons (Fsp3) is 0.158. The van der Waals surface area contributed by atoms with Crippen molar-refractivity contribution >= 4 is 31.6 Å². The first kappa shape index (κ1) is 18.6. The van der Waals surface area contributed by atoms with Gasteiger partial charge < -0.3 is 9.13 Å². The molecule has 0 atom stereocenters. The van der Waals surface area contributed by atoms with Crippen LogP contribution in [0.3, 0.4) is 0 Å². The van der Waals surface area contributed by atoms with E-state index < -0.39 is 10.0 Å². The normalized spacial score (nSPS) is 11.9. The number of hydrogen-bond acceptors (Lipinski definition) is 5. The molecule has 0 aliphatic rings. The zero-order valence-electron chi connectivity index (χ0n) is 15.3. The molecule has 1 N–H and O–H groups in total. The Hall–Kier alpha value is -2.75. The number of benzene rings is 2. The molecule has 0 amide bonds. The molecule has 0 saturated heterocycles. The average Bonchev–Trinajstić information content (AvgIpc) is 3.23. The second-order valence-electron chi connectivity index (χ2n) is 6.39. The van der Waals surface area contributed by atoms with Gasteiger partial charge in [-0.25, -0.2) is 18.1 Å². The molecule has 0 spiro atoms. The second-order valence-corrected chi connectivity index (χ2v) is 9.15. The lowest BCUT2D eigenvalue weighted by molar-refractivity contribution is 0.581. The molecule has 0 fully saturated rings. The number of nitrogens with one attached hydrogen (secondary N) is 1. The number of nitrogens with zero attached hydrogens (tertiary/aromatic N) is 3. The van der Waals surface area contributed by atoms with Crippen molar-refractivity contribution in [1.29, 1.82) is 0 Å². The molecule has 0 bridgehead atoms. The summed E-state index contributed by atoms with van der Waals surface area (Å²) in [6.45, 7) is 2.09. The predicted octanol–water partition coefficient (Wildman–Crippen LogP) is 2.57. The molecule has 9 heteroatoms. The summed E-state index contributed by atoms with van der Waals surface area (Å²) in [5.41, 5.74) is 2.53. The van der Waals surface area contributed by atoms with E-state index in [1.165, 1.54) is 16.7 Å². The van der Waals surface area contributed by atoms with Crippen LogP contribution in [-0.2, 0) is 23.6 Å². The smallest absolute Gasteiger partial charge is 0.304 e. The van der Waals surface area contributed by atoms with Gasteiger partial charge in [0.05, 0.1) is 15.1 Å². The maximum atomic E-state index is 12.6. The summed E-state index contributed by atoms with van der Waals surface area (Å²) in [4.78, 5) is 16.0. The molecule has 144 valence electrons. The minimum absolute atomic E-state index is 0.120. The van der Waals surface area contributed by atoms with Gasteiger partial charge in [0.25, 0.3) is 0 Å². The van der Waals surface area contributed by atoms with Crippen LogP contribution < -0.4 is 9.60 Å². The standard InChI is InChI=1S/C19H18N4O3S2/c1-13-20-9-10-23(13)15-5-3-14(4-6-15)12-21-28(25,26)16-7-8-17-18(11-16)27-19(24)22(17)2/h3-11,21H,12H2,1-2H3. The molecule has 4 aromatic rings. The van der Waals surface area contributed by atoms with Crippen LogP contribution in [0.2, 0.25) is 0 Å². The van der Waals surface area contributed by atoms with Gasteiger partial charge in [0.1, 0.15) is 5.82 Å². The number of imidazole rings is 1. The number of thiazole rings is 1. The molecular formula is C19H18N4O3S2. The summed E-state index contributed by atoms with van der Waals surface area (Å²) in [6.07, 6.45) is 3.61. The van der Waals surface area contributed by atoms with E-state index in [0.29, 0.717) is 4.70 Å². The van der Waals surface area contributed by atoms with Gasteiger partial charge in [-0.3, -0.25) is 4.79 Å². The highest BCUT2D eigenvalue weighted by Crippen LogP contribution is 2.21. The molecule has 0 unspecified atom stereocenters. The zero-order valence-corrected chi connectivity index (χ0v) is 16.9. The summed E-state index contributed by atoms with van der Waals surface area (Å²) in [5, 5.41) is 0. The van der Waals surface area contributed by atoms with E-state index in [9.17, 15) is 13.2 Å². The summed E-state index contributed by atoms with van der Waals surface area (Å²) >= 11 is 1.03. The molecule has 28 heavy (non-hydrogen) atoms. The van der Waals surface area contributed by atoms with Crippen LogP contribution in [0.1, 0.15) is 11.4 Å². The summed E-state index contributed by atoms with van der Waals surface area (Å²) in [7, 11) is -2.01. The quantitative estimate of drug-likeness (QED) is 0.544. The van der Waals surface area contributed by atoms with E-state index in [1.54, 1.807) is 19.3 Å². The van der Waals surface area contributed by atoms with E-state index in [2.05, 4.69) is 9.71 Å². The van der Waals surface area contributed by atoms with Crippen molar-refractivity contribution in [1.82, 2.24) is 18.8 Å². The van der Waals surface area contributed by atoms with Crippen molar-refractivity contribution in [3.63, 3.8) is 0 Å². The number of aryl methyl sites for hydroxylation is 2. The topological polar surface area (TPSA) is 86.0 Å². The first-order valence-electron chi connectivity index (χ1n) is 8.54. The Balaban J connectivity index is 1.52. The van der Waals surface area contributed by atoms with Crippen LogP contribution in [-0.4, -0.2) is 22.5 Å². The van der Waals surface area contributed by atoms with E-state index in [4.69, 9.17) is 0 Å². The van der Waals surface area contributed by atoms with Crippen molar-refractivity contribution in [2.75, 3.05) is 0 Å². The van der Waals surface area contributed by atoms with Crippen LogP contribution in [0.4, 0.5) is 0 Å². The van der Waals surface area contributed by atoms with Crippen molar-refractivity contribution in [3.8, 4) is 5.69 Å². The van der Waals surface area contributed by atoms with Gasteiger partial charge in [0.15, 0.2) is 0 Å². The van der Waals surface area contributed by atoms with Gasteiger partial charge >= 0.3 is 4.87 Å². The van der Waals surface area contributed by atoms with E-state index in [1.807, 2.05) is 42.0 Å². The Labute approximate surface area is 166 Å². The van der Waals surface area contributed by atoms with Crippen LogP contribution in [0.5, 0.6) is 0 Å². The number of hydrogen-bond donors (Lipinski definition) is 1. The van der Waals surface area contributed by atoms with Gasteiger partial charge in [0.2, 0.25) is 10.0 Å². The number of sulfonamides is 1. The first-order chi connectivity index (χ1) is 13.3. The lowest BCUT2D eigenvalue weighted by atomic mass is 10.2. The van der Waals surface area contributed by atoms with E-state index >= 15 is 0 Å². The molecular weight excluding hydrogens is 396 g/mol. The lowest BCUT2D eigenvalue weighted by Gasteiger charge is -2.09. The Morgan fingerprint density at radius 1 is 1.14 bits per heavy atom. The largest absolute Gasteiger partial charge is 0.307 e. The van der Waals surface area contributed by atoms with Crippen LogP contribution in [0.15, 0.2) is 64.5 Å². The fourth-order valence-electron chi connectivity index (χ4n) is 2.97. The first-order valence-corrected chi connectivity index (χ1v) is 10.8. The van der Waals surface area contributed by atoms with Crippen molar-refractivity contribution in [2.24, 2.45) is 7.05 Å². The van der Waals surface area contributed by atoms with Crippen LogP contribution >= 0.6 is 11.3 Å². The Morgan fingerprint density at radius 3 is 2.57 bits per heavy atom. The zero-order chi connectivity index (χ0) is 19.9. The number of rotatable bonds is 5. The van der Waals surface area contributed by atoms with E-state index in [-0.39, 0.29) is 16.3 Å². The minimum atomic E-state index is -3.68. The molecule has 4 rings (SSSR count). The summed E-state index contributed by atoms with van der Waals surface area (Å²) in [6, 6.07) is 12.3. The molecule has 0 radical (unpaired) electrons. The Kier molecular flexibility index (Phi) is 4.66. The third-order valence-corrected chi connectivity index (χ3v) is 6.97. The monoisotopic (exact) mass is 414 g/mol. The Morgan fingerprint density at radius 2 is 1.89 bits per heavy atom. The summed E-state index contributed by atoms with van der Waals surface area (Å²) < 4.78 is 32.0. The lowest BCUT2D eigenvalue weighted by Crippen LogP contribution is -2.23. The van der Waals surface area contributed by atoms with Gasteiger partial charge in [-0.1, -0.05) is 23.5 Å². The highest BCUT2D eigenvalue weighted by atomic mass is 32.2. The SMILES string of the molecule is Cc1nccn1-c1ccc(CNS(=O)(=O)c2ccc3c(c2)sc(=O)n3C)cc1. The van der Waals surface area contributed by atoms with Crippen molar-refractivity contribution < 1.29 is 8.42 Å². The Bertz CT molecular complexity index is 1320. The molecule has 0 aliphatic heterocycles. The molecule has 0 aliphatic carbocycles. The number of aromatic nitrogens is 3. The van der Waals surface area contributed by atoms with Gasteiger partial charge in [-0.05, 0) is 42.8 Å². The maximum absolute atomic E-state index is 12.6. The highest BCUT2D eigenvalue weighted by Gasteiger charge is 2.16. The molecule has 2 heterocycles. The fourth-order valence-corrected chi connectivity index (χ4v) is 5.01. The molecule has 2 aromatic carbocycles. The molecule has 7 nitrogen and oxygen atoms in total. The number of fused-ring (bicyclic) bond motifs is 1. The maximum Gasteiger partial charge on any atom is 0.307 e. The van der Waals surface area contributed by atoms with Gasteiger partial charge in [-0.15, -0.1) is 0 Å². The van der Waals surface area contributed by atoms with Crippen molar-refractivity contribution in [2.45, 2.75) is 18.4 Å². The van der Waals surface area contributed by atoms with Crippen LogP contribution in [0.25, 0.3) is 15.9 Å². The van der Waals surface area contributed by atoms with Gasteiger partial charge in [0, 0.05) is 31.7 Å². The average molecular weight is 415 g/mol. The third kappa shape index (κ3) is 3.39. The third-order valence-electron chi connectivity index (χ3n) is 4.58. The van der Waals surface area contributed by atoms with Gasteiger partial charge in [-0.2, -0.15) is 0 Å². The molecule has 2 aromatic heterocycles. The highest BCUT2D eigenvalue weighted by molar-refractivity contribution is 7.89. The molecule has 0 saturated carbocycles. The minimum Gasteiger partial charge on any atom is -0.304 e. The predicted molar refractivity (Wildman–Crippen MR) is 109 cm³/mol. The van der Waals surface area contributed by atoms with Crippen molar-refractivity contribution in [3.05, 3.63) is 75.9 Å². The second kappa shape index (κ2) is 7.01. The van der Waals surface area contributed by atoms with E-state index in [0.717, 1.165) is 33.9 Å². The summed E-state index contributed by atoms with van der Waals surface area (Å²) in [5.74, 6) is 0.882.